The normalized spacial score (nSPS) is 19.9. The Morgan fingerprint density at radius 1 is 1.15 bits per heavy atom. The van der Waals surface area contributed by atoms with E-state index in [1.807, 2.05) is 13.0 Å². The number of hydrogen-bond donors (Lipinski definition) is 0. The standard InChI is InChI=1S/C21H18F2N2O/c1-21(16-5-3-6-17(22)11-16)8-9-25(13-21)20(26)15-10-14-4-2-7-18(23)19(14)24-12-15/h2-7,10-12H,8-9,13H2,1H3. The van der Waals surface area contributed by atoms with Crippen molar-refractivity contribution in [2.24, 2.45) is 0 Å². The average molecular weight is 352 g/mol. The molecule has 132 valence electrons. The summed E-state index contributed by atoms with van der Waals surface area (Å²) in [7, 11) is 0. The van der Waals surface area contributed by atoms with Crippen molar-refractivity contribution in [1.82, 2.24) is 9.88 Å². The van der Waals surface area contributed by atoms with Gasteiger partial charge < -0.3 is 4.90 Å². The molecule has 0 aliphatic carbocycles. The fourth-order valence-corrected chi connectivity index (χ4v) is 3.66. The van der Waals surface area contributed by atoms with Crippen molar-refractivity contribution in [2.75, 3.05) is 13.1 Å². The van der Waals surface area contributed by atoms with E-state index in [1.165, 1.54) is 24.4 Å². The topological polar surface area (TPSA) is 33.2 Å². The summed E-state index contributed by atoms with van der Waals surface area (Å²) in [6.45, 7) is 3.15. The molecule has 0 N–H and O–H groups in total. The van der Waals surface area contributed by atoms with Gasteiger partial charge in [0, 0.05) is 30.1 Å². The number of amides is 1. The van der Waals surface area contributed by atoms with Crippen molar-refractivity contribution in [3.05, 3.63) is 77.5 Å². The molecule has 1 fully saturated rings. The molecule has 2 heterocycles. The van der Waals surface area contributed by atoms with Gasteiger partial charge in [-0.05, 0) is 36.2 Å². The Labute approximate surface area is 150 Å². The average Bonchev–Trinajstić information content (AvgIpc) is 3.05. The number of carbonyl (C=O) groups excluding carboxylic acids is 1. The number of halogens is 2. The van der Waals surface area contributed by atoms with Gasteiger partial charge in [0.15, 0.2) is 0 Å². The summed E-state index contributed by atoms with van der Waals surface area (Å²) < 4.78 is 27.3. The molecule has 0 saturated carbocycles. The van der Waals surface area contributed by atoms with E-state index in [0.717, 1.165) is 12.0 Å². The van der Waals surface area contributed by atoms with Gasteiger partial charge in [0.25, 0.3) is 5.91 Å². The maximum atomic E-state index is 13.8. The van der Waals surface area contributed by atoms with Crippen molar-refractivity contribution < 1.29 is 13.6 Å². The van der Waals surface area contributed by atoms with Gasteiger partial charge in [-0.3, -0.25) is 9.78 Å². The van der Waals surface area contributed by atoms with Crippen LogP contribution in [0.25, 0.3) is 10.9 Å². The van der Waals surface area contributed by atoms with Crippen LogP contribution >= 0.6 is 0 Å². The van der Waals surface area contributed by atoms with Crippen LogP contribution in [0.4, 0.5) is 8.78 Å². The van der Waals surface area contributed by atoms with Gasteiger partial charge in [-0.1, -0.05) is 31.2 Å². The minimum atomic E-state index is -0.402. The van der Waals surface area contributed by atoms with Crippen LogP contribution in [0.15, 0.2) is 54.7 Å². The largest absolute Gasteiger partial charge is 0.338 e. The molecule has 1 amide bonds. The van der Waals surface area contributed by atoms with Crippen LogP contribution in [0.5, 0.6) is 0 Å². The Bertz CT molecular complexity index is 1000. The maximum absolute atomic E-state index is 13.8. The molecule has 0 spiro atoms. The molecule has 1 aliphatic heterocycles. The Hall–Kier alpha value is -2.82. The fourth-order valence-electron chi connectivity index (χ4n) is 3.66. The molecular formula is C21H18F2N2O. The third kappa shape index (κ3) is 2.83. The molecule has 2 aromatic carbocycles. The summed E-state index contributed by atoms with van der Waals surface area (Å²) in [6, 6.07) is 12.9. The first-order chi connectivity index (χ1) is 12.5. The molecule has 1 saturated heterocycles. The molecule has 1 aromatic heterocycles. The molecule has 3 aromatic rings. The Morgan fingerprint density at radius 3 is 2.77 bits per heavy atom. The predicted octanol–water partition coefficient (Wildman–Crippen LogP) is 4.32. The summed E-state index contributed by atoms with van der Waals surface area (Å²) in [5.41, 5.74) is 1.31. The van der Waals surface area contributed by atoms with E-state index < -0.39 is 5.82 Å². The Balaban J connectivity index is 1.60. The van der Waals surface area contributed by atoms with Crippen molar-refractivity contribution in [1.29, 1.82) is 0 Å². The van der Waals surface area contributed by atoms with Gasteiger partial charge in [-0.15, -0.1) is 0 Å². The van der Waals surface area contributed by atoms with Crippen LogP contribution in [0, 0.1) is 11.6 Å². The highest BCUT2D eigenvalue weighted by atomic mass is 19.1. The van der Waals surface area contributed by atoms with Crippen molar-refractivity contribution >= 4 is 16.8 Å². The van der Waals surface area contributed by atoms with Crippen LogP contribution in [-0.4, -0.2) is 28.9 Å². The number of fused-ring (bicyclic) bond motifs is 1. The lowest BCUT2D eigenvalue weighted by Crippen LogP contribution is -2.33. The smallest absolute Gasteiger partial charge is 0.255 e. The lowest BCUT2D eigenvalue weighted by Gasteiger charge is -2.25. The molecule has 0 bridgehead atoms. The second-order valence-electron chi connectivity index (χ2n) is 7.08. The zero-order valence-electron chi connectivity index (χ0n) is 14.4. The number of para-hydroxylation sites is 1. The molecule has 4 rings (SSSR count). The Morgan fingerprint density at radius 2 is 1.96 bits per heavy atom. The minimum Gasteiger partial charge on any atom is -0.338 e. The van der Waals surface area contributed by atoms with Gasteiger partial charge in [-0.2, -0.15) is 0 Å². The monoisotopic (exact) mass is 352 g/mol. The highest BCUT2D eigenvalue weighted by Crippen LogP contribution is 2.35. The van der Waals surface area contributed by atoms with Crippen LogP contribution < -0.4 is 0 Å². The van der Waals surface area contributed by atoms with Gasteiger partial charge in [0.2, 0.25) is 0 Å². The Kier molecular flexibility index (Phi) is 3.94. The van der Waals surface area contributed by atoms with Gasteiger partial charge in [-0.25, -0.2) is 8.78 Å². The van der Waals surface area contributed by atoms with E-state index in [1.54, 1.807) is 29.2 Å². The first kappa shape index (κ1) is 16.6. The molecule has 3 nitrogen and oxygen atoms in total. The summed E-state index contributed by atoms with van der Waals surface area (Å²) in [4.78, 5) is 18.7. The number of aromatic nitrogens is 1. The second-order valence-corrected chi connectivity index (χ2v) is 7.08. The fraction of sp³-hybridized carbons (Fsp3) is 0.238. The number of hydrogen-bond acceptors (Lipinski definition) is 2. The van der Waals surface area contributed by atoms with Gasteiger partial charge in [0.05, 0.1) is 5.56 Å². The maximum Gasteiger partial charge on any atom is 0.255 e. The quantitative estimate of drug-likeness (QED) is 0.688. The van der Waals surface area contributed by atoms with Crippen LogP contribution in [0.1, 0.15) is 29.3 Å². The summed E-state index contributed by atoms with van der Waals surface area (Å²) >= 11 is 0. The van der Waals surface area contributed by atoms with Crippen LogP contribution in [-0.2, 0) is 5.41 Å². The molecule has 1 aliphatic rings. The second kappa shape index (κ2) is 6.16. The van der Waals surface area contributed by atoms with E-state index in [0.29, 0.717) is 24.0 Å². The lowest BCUT2D eigenvalue weighted by atomic mass is 9.82. The van der Waals surface area contributed by atoms with Gasteiger partial charge in [0.1, 0.15) is 17.2 Å². The number of nitrogens with zero attached hydrogens (tertiary/aromatic N) is 2. The number of rotatable bonds is 2. The predicted molar refractivity (Wildman–Crippen MR) is 96.0 cm³/mol. The number of likely N-dealkylation sites (tertiary alicyclic amines) is 1. The lowest BCUT2D eigenvalue weighted by molar-refractivity contribution is 0.0784. The van der Waals surface area contributed by atoms with Crippen molar-refractivity contribution in [3.63, 3.8) is 0 Å². The molecule has 5 heteroatoms. The SMILES string of the molecule is CC1(c2cccc(F)c2)CCN(C(=O)c2cnc3c(F)cccc3c2)C1. The van der Waals surface area contributed by atoms with E-state index in [-0.39, 0.29) is 22.7 Å². The third-order valence-corrected chi connectivity index (χ3v) is 5.19. The molecule has 0 radical (unpaired) electrons. The summed E-state index contributed by atoms with van der Waals surface area (Å²) in [6.07, 6.45) is 2.18. The van der Waals surface area contributed by atoms with Crippen LogP contribution in [0.3, 0.4) is 0 Å². The molecule has 1 unspecified atom stereocenters. The number of carbonyl (C=O) groups is 1. The zero-order valence-corrected chi connectivity index (χ0v) is 14.4. The highest BCUT2D eigenvalue weighted by Gasteiger charge is 2.38. The molecule has 1 atom stereocenters. The first-order valence-corrected chi connectivity index (χ1v) is 8.56. The minimum absolute atomic E-state index is 0.135. The zero-order chi connectivity index (χ0) is 18.3. The molecular weight excluding hydrogens is 334 g/mol. The van der Waals surface area contributed by atoms with Crippen molar-refractivity contribution in [3.8, 4) is 0 Å². The summed E-state index contributed by atoms with van der Waals surface area (Å²) in [5.74, 6) is -0.806. The van der Waals surface area contributed by atoms with E-state index >= 15 is 0 Å². The first-order valence-electron chi connectivity index (χ1n) is 8.56. The van der Waals surface area contributed by atoms with E-state index in [2.05, 4.69) is 4.98 Å². The summed E-state index contributed by atoms with van der Waals surface area (Å²) in [5, 5.41) is 0.600. The number of pyridine rings is 1. The van der Waals surface area contributed by atoms with E-state index in [9.17, 15) is 13.6 Å². The number of benzene rings is 2. The highest BCUT2D eigenvalue weighted by molar-refractivity contribution is 5.97. The van der Waals surface area contributed by atoms with Crippen molar-refractivity contribution in [2.45, 2.75) is 18.8 Å². The van der Waals surface area contributed by atoms with Gasteiger partial charge >= 0.3 is 0 Å². The van der Waals surface area contributed by atoms with Crippen LogP contribution in [0.2, 0.25) is 0 Å². The molecule has 26 heavy (non-hydrogen) atoms. The van der Waals surface area contributed by atoms with E-state index in [4.69, 9.17) is 0 Å². The third-order valence-electron chi connectivity index (χ3n) is 5.19.